The van der Waals surface area contributed by atoms with E-state index in [2.05, 4.69) is 5.32 Å². The van der Waals surface area contributed by atoms with Crippen molar-refractivity contribution in [1.82, 2.24) is 5.32 Å². The summed E-state index contributed by atoms with van der Waals surface area (Å²) < 4.78 is 10.2. The van der Waals surface area contributed by atoms with Gasteiger partial charge in [0.15, 0.2) is 0 Å². The normalized spacial score (nSPS) is 17.8. The molecule has 2 rings (SSSR count). The second-order valence-electron chi connectivity index (χ2n) is 4.75. The third-order valence-corrected chi connectivity index (χ3v) is 3.35. The lowest BCUT2D eigenvalue weighted by Crippen LogP contribution is -2.46. The van der Waals surface area contributed by atoms with Crippen molar-refractivity contribution in [1.29, 1.82) is 0 Å². The number of methoxy groups -OCH3 is 1. The van der Waals surface area contributed by atoms with Crippen LogP contribution in [-0.4, -0.2) is 43.5 Å². The number of carbonyl (C=O) groups is 1. The average Bonchev–Trinajstić information content (AvgIpc) is 2.46. The molecule has 0 aromatic heterocycles. The maximum absolute atomic E-state index is 11.9. The number of aliphatic hydroxyl groups is 1. The topological polar surface area (TPSA) is 67.8 Å². The smallest absolute Gasteiger partial charge is 0.251 e. The van der Waals surface area contributed by atoms with Crippen LogP contribution in [0.5, 0.6) is 5.75 Å². The van der Waals surface area contributed by atoms with Gasteiger partial charge in [0.2, 0.25) is 0 Å². The van der Waals surface area contributed by atoms with E-state index in [9.17, 15) is 9.90 Å². The van der Waals surface area contributed by atoms with Gasteiger partial charge >= 0.3 is 0 Å². The lowest BCUT2D eigenvalue weighted by Gasteiger charge is -2.32. The van der Waals surface area contributed by atoms with E-state index in [4.69, 9.17) is 9.47 Å². The molecule has 0 bridgehead atoms. The predicted molar refractivity (Wildman–Crippen MR) is 70.3 cm³/mol. The molecule has 1 heterocycles. The molecule has 0 spiro atoms. The summed E-state index contributed by atoms with van der Waals surface area (Å²) in [5.74, 6) is 0.516. The standard InChI is InChI=1S/C14H19NO4/c1-18-12-4-2-11(3-5-12)13(16)15-10-14(17)6-8-19-9-7-14/h2-5,17H,6-10H2,1H3,(H,15,16). The molecule has 1 aromatic rings. The first-order valence-corrected chi connectivity index (χ1v) is 6.35. The highest BCUT2D eigenvalue weighted by Gasteiger charge is 2.30. The SMILES string of the molecule is COc1ccc(C(=O)NCC2(O)CCOCC2)cc1. The number of rotatable bonds is 4. The fourth-order valence-electron chi connectivity index (χ4n) is 2.02. The van der Waals surface area contributed by atoms with Gasteiger partial charge in [0, 0.05) is 38.2 Å². The fourth-order valence-corrected chi connectivity index (χ4v) is 2.02. The van der Waals surface area contributed by atoms with Gasteiger partial charge < -0.3 is 19.9 Å². The van der Waals surface area contributed by atoms with Crippen molar-refractivity contribution >= 4 is 5.91 Å². The van der Waals surface area contributed by atoms with Crippen LogP contribution in [0.4, 0.5) is 0 Å². The third kappa shape index (κ3) is 3.68. The summed E-state index contributed by atoms with van der Waals surface area (Å²) in [6.07, 6.45) is 1.10. The fraction of sp³-hybridized carbons (Fsp3) is 0.500. The van der Waals surface area contributed by atoms with Crippen molar-refractivity contribution in [3.05, 3.63) is 29.8 Å². The minimum absolute atomic E-state index is 0.192. The average molecular weight is 265 g/mol. The molecule has 0 radical (unpaired) electrons. The second kappa shape index (κ2) is 6.04. The molecule has 0 aliphatic carbocycles. The molecule has 104 valence electrons. The Morgan fingerprint density at radius 1 is 1.37 bits per heavy atom. The summed E-state index contributed by atoms with van der Waals surface area (Å²) in [5.41, 5.74) is -0.295. The van der Waals surface area contributed by atoms with E-state index in [0.717, 1.165) is 0 Å². The number of nitrogens with one attached hydrogen (secondary N) is 1. The molecule has 0 unspecified atom stereocenters. The van der Waals surface area contributed by atoms with Gasteiger partial charge in [0.05, 0.1) is 12.7 Å². The molecule has 1 aromatic carbocycles. The van der Waals surface area contributed by atoms with Crippen molar-refractivity contribution < 1.29 is 19.4 Å². The van der Waals surface area contributed by atoms with Crippen LogP contribution in [0.25, 0.3) is 0 Å². The summed E-state index contributed by atoms with van der Waals surface area (Å²) in [4.78, 5) is 11.9. The van der Waals surface area contributed by atoms with Crippen molar-refractivity contribution in [2.75, 3.05) is 26.9 Å². The van der Waals surface area contributed by atoms with E-state index >= 15 is 0 Å². The number of hydrogen-bond donors (Lipinski definition) is 2. The van der Waals surface area contributed by atoms with Crippen molar-refractivity contribution in [3.8, 4) is 5.75 Å². The lowest BCUT2D eigenvalue weighted by molar-refractivity contribution is -0.0605. The minimum atomic E-state index is -0.847. The Morgan fingerprint density at radius 2 is 2.00 bits per heavy atom. The highest BCUT2D eigenvalue weighted by molar-refractivity contribution is 5.94. The number of ether oxygens (including phenoxy) is 2. The van der Waals surface area contributed by atoms with E-state index in [1.54, 1.807) is 31.4 Å². The van der Waals surface area contributed by atoms with Crippen LogP contribution in [0.1, 0.15) is 23.2 Å². The molecule has 1 saturated heterocycles. The van der Waals surface area contributed by atoms with Crippen LogP contribution in [-0.2, 0) is 4.74 Å². The predicted octanol–water partition coefficient (Wildman–Crippen LogP) is 0.966. The Labute approximate surface area is 112 Å². The monoisotopic (exact) mass is 265 g/mol. The zero-order valence-electron chi connectivity index (χ0n) is 11.0. The first kappa shape index (κ1) is 13.8. The molecule has 1 amide bonds. The molecule has 2 N–H and O–H groups in total. The van der Waals surface area contributed by atoms with Crippen LogP contribution in [0.3, 0.4) is 0 Å². The molecular formula is C14H19NO4. The summed E-state index contributed by atoms with van der Waals surface area (Å²) in [5, 5.41) is 13.0. The van der Waals surface area contributed by atoms with Gasteiger partial charge in [0.25, 0.3) is 5.91 Å². The van der Waals surface area contributed by atoms with Crippen LogP contribution in [0.15, 0.2) is 24.3 Å². The zero-order chi connectivity index (χ0) is 13.7. The van der Waals surface area contributed by atoms with E-state index < -0.39 is 5.60 Å². The van der Waals surface area contributed by atoms with Crippen LogP contribution < -0.4 is 10.1 Å². The number of hydrogen-bond acceptors (Lipinski definition) is 4. The quantitative estimate of drug-likeness (QED) is 0.851. The molecule has 1 aliphatic rings. The van der Waals surface area contributed by atoms with Gasteiger partial charge in [-0.1, -0.05) is 0 Å². The first-order valence-electron chi connectivity index (χ1n) is 6.35. The molecule has 0 atom stereocenters. The number of amides is 1. The Hall–Kier alpha value is -1.59. The highest BCUT2D eigenvalue weighted by Crippen LogP contribution is 2.19. The number of carbonyl (C=O) groups excluding carboxylic acids is 1. The maximum Gasteiger partial charge on any atom is 0.251 e. The lowest BCUT2D eigenvalue weighted by atomic mass is 9.94. The Kier molecular flexibility index (Phi) is 4.39. The van der Waals surface area contributed by atoms with Gasteiger partial charge in [-0.05, 0) is 24.3 Å². The summed E-state index contributed by atoms with van der Waals surface area (Å²) in [7, 11) is 1.58. The number of benzene rings is 1. The van der Waals surface area contributed by atoms with E-state index in [1.165, 1.54) is 0 Å². The molecule has 5 nitrogen and oxygen atoms in total. The second-order valence-corrected chi connectivity index (χ2v) is 4.75. The molecular weight excluding hydrogens is 246 g/mol. The largest absolute Gasteiger partial charge is 0.497 e. The van der Waals surface area contributed by atoms with Gasteiger partial charge in [-0.15, -0.1) is 0 Å². The van der Waals surface area contributed by atoms with Gasteiger partial charge in [-0.3, -0.25) is 4.79 Å². The van der Waals surface area contributed by atoms with Crippen LogP contribution in [0, 0.1) is 0 Å². The first-order chi connectivity index (χ1) is 9.13. The third-order valence-electron chi connectivity index (χ3n) is 3.35. The zero-order valence-corrected chi connectivity index (χ0v) is 11.0. The van der Waals surface area contributed by atoms with E-state index in [-0.39, 0.29) is 12.5 Å². The van der Waals surface area contributed by atoms with Crippen molar-refractivity contribution in [2.24, 2.45) is 0 Å². The van der Waals surface area contributed by atoms with Gasteiger partial charge in [0.1, 0.15) is 5.75 Å². The maximum atomic E-state index is 11.9. The van der Waals surface area contributed by atoms with Gasteiger partial charge in [-0.2, -0.15) is 0 Å². The molecule has 5 heteroatoms. The summed E-state index contributed by atoms with van der Waals surface area (Å²) in [6, 6.07) is 6.86. The van der Waals surface area contributed by atoms with E-state index in [0.29, 0.717) is 37.4 Å². The molecule has 1 fully saturated rings. The van der Waals surface area contributed by atoms with E-state index in [1.807, 2.05) is 0 Å². The molecule has 0 saturated carbocycles. The summed E-state index contributed by atoms with van der Waals surface area (Å²) in [6.45, 7) is 1.32. The Morgan fingerprint density at radius 3 is 2.58 bits per heavy atom. The van der Waals surface area contributed by atoms with Crippen molar-refractivity contribution in [3.63, 3.8) is 0 Å². The Bertz CT molecular complexity index is 424. The molecule has 19 heavy (non-hydrogen) atoms. The highest BCUT2D eigenvalue weighted by atomic mass is 16.5. The Balaban J connectivity index is 1.89. The van der Waals surface area contributed by atoms with Crippen LogP contribution in [0.2, 0.25) is 0 Å². The minimum Gasteiger partial charge on any atom is -0.497 e. The molecule has 1 aliphatic heterocycles. The van der Waals surface area contributed by atoms with Crippen molar-refractivity contribution in [2.45, 2.75) is 18.4 Å². The van der Waals surface area contributed by atoms with Gasteiger partial charge in [-0.25, -0.2) is 0 Å². The summed E-state index contributed by atoms with van der Waals surface area (Å²) >= 11 is 0. The van der Waals surface area contributed by atoms with Crippen LogP contribution >= 0.6 is 0 Å².